The number of guanidine groups is 1. The number of aliphatic imine (C=N–C) groups is 1. The van der Waals surface area contributed by atoms with Crippen molar-refractivity contribution in [3.05, 3.63) is 30.1 Å². The quantitative estimate of drug-likeness (QED) is 0.234. The highest BCUT2D eigenvalue weighted by molar-refractivity contribution is 14.0. The lowest BCUT2D eigenvalue weighted by atomic mass is 9.96. The van der Waals surface area contributed by atoms with E-state index in [1.54, 1.807) is 12.1 Å². The Morgan fingerprint density at radius 3 is 2.58 bits per heavy atom. The number of ether oxygens (including phenoxy) is 1. The average molecular weight is 548 g/mol. The van der Waals surface area contributed by atoms with Crippen molar-refractivity contribution < 1.29 is 9.13 Å². The standard InChI is InChI=1S/C23H38FN5O.HI/c1-25-23(27(2)13-8-20-9-18-30-19-10-20)26-11-5-12-28-14-16-29(17-15-28)22-7-4-3-6-21(22)24;/h3-4,6-7,20H,5,8-19H2,1-2H3,(H,25,26);1H. The largest absolute Gasteiger partial charge is 0.381 e. The summed E-state index contributed by atoms with van der Waals surface area (Å²) in [6, 6.07) is 7.07. The van der Waals surface area contributed by atoms with Crippen molar-refractivity contribution in [1.29, 1.82) is 0 Å². The zero-order chi connectivity index (χ0) is 21.2. The third kappa shape index (κ3) is 8.38. The van der Waals surface area contributed by atoms with Crippen LogP contribution in [0.3, 0.4) is 0 Å². The van der Waals surface area contributed by atoms with Gasteiger partial charge in [0.05, 0.1) is 5.69 Å². The fraction of sp³-hybridized carbons (Fsp3) is 0.696. The molecule has 0 radical (unpaired) electrons. The maximum Gasteiger partial charge on any atom is 0.193 e. The van der Waals surface area contributed by atoms with Gasteiger partial charge in [-0.3, -0.25) is 9.89 Å². The van der Waals surface area contributed by atoms with E-state index in [4.69, 9.17) is 4.74 Å². The fourth-order valence-electron chi connectivity index (χ4n) is 4.33. The van der Waals surface area contributed by atoms with Crippen molar-refractivity contribution in [3.63, 3.8) is 0 Å². The average Bonchev–Trinajstić information content (AvgIpc) is 2.79. The molecular formula is C23H39FIN5O. The number of para-hydroxylation sites is 1. The Morgan fingerprint density at radius 2 is 1.90 bits per heavy atom. The predicted octanol–water partition coefficient (Wildman–Crippen LogP) is 3.28. The number of hydrogen-bond acceptors (Lipinski definition) is 4. The Bertz CT molecular complexity index is 663. The highest BCUT2D eigenvalue weighted by Crippen LogP contribution is 2.20. The number of hydrogen-bond donors (Lipinski definition) is 1. The molecular weight excluding hydrogens is 508 g/mol. The summed E-state index contributed by atoms with van der Waals surface area (Å²) in [6.45, 7) is 8.55. The number of anilines is 1. The number of rotatable bonds is 8. The van der Waals surface area contributed by atoms with Crippen LogP contribution in [0.4, 0.5) is 10.1 Å². The fourth-order valence-corrected chi connectivity index (χ4v) is 4.33. The van der Waals surface area contributed by atoms with Crippen molar-refractivity contribution in [1.82, 2.24) is 15.1 Å². The van der Waals surface area contributed by atoms with Crippen molar-refractivity contribution >= 4 is 35.6 Å². The Morgan fingerprint density at radius 1 is 1.19 bits per heavy atom. The summed E-state index contributed by atoms with van der Waals surface area (Å²) in [7, 11) is 3.98. The number of benzene rings is 1. The van der Waals surface area contributed by atoms with Gasteiger partial charge in [0.2, 0.25) is 0 Å². The first-order valence-electron chi connectivity index (χ1n) is 11.4. The first kappa shape index (κ1) is 26.1. The van der Waals surface area contributed by atoms with Crippen LogP contribution in [0, 0.1) is 11.7 Å². The summed E-state index contributed by atoms with van der Waals surface area (Å²) in [5, 5.41) is 3.50. The van der Waals surface area contributed by atoms with E-state index in [9.17, 15) is 4.39 Å². The Labute approximate surface area is 204 Å². The monoisotopic (exact) mass is 547 g/mol. The SMILES string of the molecule is CN=C(NCCCN1CCN(c2ccccc2F)CC1)N(C)CCC1CCOCC1.I. The molecule has 3 rings (SSSR count). The van der Waals surface area contributed by atoms with E-state index >= 15 is 0 Å². The molecule has 0 saturated carbocycles. The third-order valence-electron chi connectivity index (χ3n) is 6.29. The molecule has 2 fully saturated rings. The summed E-state index contributed by atoms with van der Waals surface area (Å²) >= 11 is 0. The second-order valence-corrected chi connectivity index (χ2v) is 8.37. The maximum atomic E-state index is 14.0. The zero-order valence-corrected chi connectivity index (χ0v) is 21.4. The third-order valence-corrected chi connectivity index (χ3v) is 6.29. The van der Waals surface area contributed by atoms with Crippen LogP contribution in [-0.2, 0) is 4.74 Å². The number of nitrogens with one attached hydrogen (secondary N) is 1. The molecule has 1 N–H and O–H groups in total. The molecule has 2 aliphatic heterocycles. The maximum absolute atomic E-state index is 14.0. The molecule has 0 aromatic heterocycles. The van der Waals surface area contributed by atoms with Crippen LogP contribution in [0.15, 0.2) is 29.3 Å². The molecule has 6 nitrogen and oxygen atoms in total. The second-order valence-electron chi connectivity index (χ2n) is 8.37. The van der Waals surface area contributed by atoms with Gasteiger partial charge in [0.15, 0.2) is 5.96 Å². The summed E-state index contributed by atoms with van der Waals surface area (Å²) in [4.78, 5) is 11.3. The van der Waals surface area contributed by atoms with Gasteiger partial charge in [0.1, 0.15) is 5.82 Å². The molecule has 0 spiro atoms. The molecule has 31 heavy (non-hydrogen) atoms. The topological polar surface area (TPSA) is 43.3 Å². The van der Waals surface area contributed by atoms with Crippen molar-refractivity contribution in [3.8, 4) is 0 Å². The van der Waals surface area contributed by atoms with Crippen LogP contribution >= 0.6 is 24.0 Å². The van der Waals surface area contributed by atoms with Crippen molar-refractivity contribution in [2.24, 2.45) is 10.9 Å². The van der Waals surface area contributed by atoms with Crippen molar-refractivity contribution in [2.45, 2.75) is 25.7 Å². The molecule has 0 unspecified atom stereocenters. The lowest BCUT2D eigenvalue weighted by Crippen LogP contribution is -2.47. The van der Waals surface area contributed by atoms with E-state index in [2.05, 4.69) is 32.1 Å². The lowest BCUT2D eigenvalue weighted by molar-refractivity contribution is 0.0625. The molecule has 0 amide bonds. The molecule has 0 aliphatic carbocycles. The highest BCUT2D eigenvalue weighted by atomic mass is 127. The first-order valence-corrected chi connectivity index (χ1v) is 11.4. The van der Waals surface area contributed by atoms with E-state index in [1.165, 1.54) is 19.3 Å². The number of nitrogens with zero attached hydrogens (tertiary/aromatic N) is 4. The highest BCUT2D eigenvalue weighted by Gasteiger charge is 2.19. The first-order chi connectivity index (χ1) is 14.7. The number of piperazine rings is 1. The summed E-state index contributed by atoms with van der Waals surface area (Å²) in [6.07, 6.45) is 4.65. The predicted molar refractivity (Wildman–Crippen MR) is 137 cm³/mol. The molecule has 2 aliphatic rings. The molecule has 0 atom stereocenters. The van der Waals surface area contributed by atoms with Crippen LogP contribution in [0.2, 0.25) is 0 Å². The molecule has 1 aromatic carbocycles. The van der Waals surface area contributed by atoms with E-state index in [0.29, 0.717) is 0 Å². The Balaban J connectivity index is 0.00000341. The smallest absolute Gasteiger partial charge is 0.193 e. The minimum absolute atomic E-state index is 0. The van der Waals surface area contributed by atoms with Crippen LogP contribution < -0.4 is 10.2 Å². The van der Waals surface area contributed by atoms with Crippen LogP contribution in [-0.4, -0.2) is 88.9 Å². The minimum atomic E-state index is -0.123. The number of halogens is 2. The summed E-state index contributed by atoms with van der Waals surface area (Å²) in [5.41, 5.74) is 0.728. The van der Waals surface area contributed by atoms with E-state index in [1.807, 2.05) is 19.2 Å². The normalized spacial score (nSPS) is 18.5. The molecule has 0 bridgehead atoms. The van der Waals surface area contributed by atoms with E-state index < -0.39 is 0 Å². The van der Waals surface area contributed by atoms with Gasteiger partial charge in [-0.1, -0.05) is 12.1 Å². The molecule has 2 heterocycles. The van der Waals surface area contributed by atoms with Crippen LogP contribution in [0.1, 0.15) is 25.7 Å². The van der Waals surface area contributed by atoms with Gasteiger partial charge in [-0.05, 0) is 50.3 Å². The van der Waals surface area contributed by atoms with E-state index in [0.717, 1.165) is 83.0 Å². The van der Waals surface area contributed by atoms with Gasteiger partial charge in [-0.15, -0.1) is 24.0 Å². The van der Waals surface area contributed by atoms with E-state index in [-0.39, 0.29) is 29.8 Å². The van der Waals surface area contributed by atoms with Gasteiger partial charge in [0, 0.05) is 66.6 Å². The molecule has 1 aromatic rings. The van der Waals surface area contributed by atoms with Crippen LogP contribution in [0.25, 0.3) is 0 Å². The molecule has 2 saturated heterocycles. The van der Waals surface area contributed by atoms with Gasteiger partial charge in [-0.2, -0.15) is 0 Å². The van der Waals surface area contributed by atoms with Crippen molar-refractivity contribution in [2.75, 3.05) is 78.0 Å². The lowest BCUT2D eigenvalue weighted by Gasteiger charge is -2.36. The van der Waals surface area contributed by atoms with Gasteiger partial charge in [-0.25, -0.2) is 4.39 Å². The van der Waals surface area contributed by atoms with Gasteiger partial charge in [0.25, 0.3) is 0 Å². The molecule has 8 heteroatoms. The minimum Gasteiger partial charge on any atom is -0.381 e. The van der Waals surface area contributed by atoms with Gasteiger partial charge >= 0.3 is 0 Å². The molecule has 176 valence electrons. The second kappa shape index (κ2) is 14.1. The summed E-state index contributed by atoms with van der Waals surface area (Å²) < 4.78 is 19.4. The van der Waals surface area contributed by atoms with Crippen LogP contribution in [0.5, 0.6) is 0 Å². The summed E-state index contributed by atoms with van der Waals surface area (Å²) in [5.74, 6) is 1.64. The zero-order valence-electron chi connectivity index (χ0n) is 19.1. The van der Waals surface area contributed by atoms with Gasteiger partial charge < -0.3 is 19.9 Å². The Hall–Kier alpha value is -1.13. The Kier molecular flexibility index (Phi) is 11.9.